The van der Waals surface area contributed by atoms with E-state index in [9.17, 15) is 9.90 Å². The van der Waals surface area contributed by atoms with Gasteiger partial charge >= 0.3 is 0 Å². The lowest BCUT2D eigenvalue weighted by molar-refractivity contribution is -0.123. The number of nitrogens with one attached hydrogen (secondary N) is 1. The van der Waals surface area contributed by atoms with Crippen LogP contribution in [-0.2, 0) is 20.1 Å². The van der Waals surface area contributed by atoms with Gasteiger partial charge in [0.1, 0.15) is 0 Å². The smallest absolute Gasteiger partial charge is 0.220 e. The fourth-order valence-corrected chi connectivity index (χ4v) is 8.79. The number of allylic oxidation sites excluding steroid dienone is 8. The van der Waals surface area contributed by atoms with Crippen LogP contribution in [0.4, 0.5) is 0 Å². The van der Waals surface area contributed by atoms with Crippen LogP contribution in [-0.4, -0.2) is 52.5 Å². The van der Waals surface area contributed by atoms with Gasteiger partial charge in [-0.05, 0) is 106 Å². The number of hydrogen-bond acceptors (Lipinski definition) is 4. The van der Waals surface area contributed by atoms with E-state index < -0.39 is 28.8 Å². The zero-order valence-corrected chi connectivity index (χ0v) is 40.1. The second-order valence-corrected chi connectivity index (χ2v) is 28.4. The molecule has 1 amide bonds. The van der Waals surface area contributed by atoms with Gasteiger partial charge < -0.3 is 19.3 Å². The molecular weight excluding hydrogens is 723 g/mol. The Morgan fingerprint density at radius 2 is 1.18 bits per heavy atom. The molecule has 56 heavy (non-hydrogen) atoms. The molecule has 0 aromatic heterocycles. The van der Waals surface area contributed by atoms with Crippen LogP contribution in [0.3, 0.4) is 0 Å². The van der Waals surface area contributed by atoms with E-state index in [1.807, 2.05) is 0 Å². The summed E-state index contributed by atoms with van der Waals surface area (Å²) in [6.07, 6.45) is 34.9. The maximum atomic E-state index is 13.4. The molecule has 3 atom stereocenters. The van der Waals surface area contributed by atoms with Gasteiger partial charge in [0.2, 0.25) is 5.91 Å². The number of hydrogen-bond donors (Lipinski definition) is 2. The first-order valence-corrected chi connectivity index (χ1v) is 28.2. The van der Waals surface area contributed by atoms with E-state index in [-0.39, 0.29) is 28.7 Å². The molecule has 0 bridgehead atoms. The molecular formula is C49H87NO4Si2. The lowest BCUT2D eigenvalue weighted by Crippen LogP contribution is -2.59. The first-order chi connectivity index (χ1) is 26.4. The van der Waals surface area contributed by atoms with Crippen molar-refractivity contribution in [2.24, 2.45) is 0 Å². The summed E-state index contributed by atoms with van der Waals surface area (Å²) in [5.74, 6) is -0.0340. The van der Waals surface area contributed by atoms with Crippen LogP contribution in [0.5, 0.6) is 0 Å². The number of rotatable bonds is 30. The molecule has 0 unspecified atom stereocenters. The summed E-state index contributed by atoms with van der Waals surface area (Å²) in [5, 5.41) is 14.1. The maximum absolute atomic E-state index is 13.4. The van der Waals surface area contributed by atoms with Crippen molar-refractivity contribution in [1.29, 1.82) is 0 Å². The number of aryl methyl sites for hydroxylation is 1. The Bertz CT molecular complexity index is 1270. The van der Waals surface area contributed by atoms with Crippen LogP contribution in [0.15, 0.2) is 78.9 Å². The highest BCUT2D eigenvalue weighted by molar-refractivity contribution is 6.74. The van der Waals surface area contributed by atoms with E-state index in [0.29, 0.717) is 6.42 Å². The minimum atomic E-state index is -2.29. The number of unbranched alkanes of at least 4 members (excludes halogenated alkanes) is 8. The summed E-state index contributed by atoms with van der Waals surface area (Å²) in [4.78, 5) is 13.4. The van der Waals surface area contributed by atoms with Crippen molar-refractivity contribution in [2.75, 3.05) is 6.61 Å². The molecule has 5 nitrogen and oxygen atoms in total. The van der Waals surface area contributed by atoms with Crippen LogP contribution in [0, 0.1) is 0 Å². The molecule has 0 aliphatic heterocycles. The quantitative estimate of drug-likeness (QED) is 0.0461. The highest BCUT2D eigenvalue weighted by atomic mass is 28.4. The summed E-state index contributed by atoms with van der Waals surface area (Å²) in [6, 6.07) is 10.2. The molecule has 0 spiro atoms. The lowest BCUT2D eigenvalue weighted by atomic mass is 9.99. The third-order valence-electron chi connectivity index (χ3n) is 11.8. The standard InChI is InChI=1S/C49H87NO4Si2/c1-12-13-14-15-16-17-18-19-20-21-22-23-24-25-26-30-36-41-46(52)50-44(42-51)47(54-56(10,11)49(5,6)7)45(53-55(8,9)48(2,3)4)40-35-29-27-28-32-37-43-38-33-31-34-39-43/h16-17,19-20,22-23,25-26,31,33-34,38-39,44-45,47,51H,12-15,18,21,24,27-30,32,35-37,40-42H2,1-11H3,(H,50,52)/b17-16-,20-19-,23-22-,26-25-/t44-,45-,47-/m0/s1. The predicted octanol–water partition coefficient (Wildman–Crippen LogP) is 14.0. The van der Waals surface area contributed by atoms with E-state index in [2.05, 4.69) is 159 Å². The second kappa shape index (κ2) is 28.4. The second-order valence-electron chi connectivity index (χ2n) is 18.9. The monoisotopic (exact) mass is 810 g/mol. The number of amides is 1. The average molecular weight is 810 g/mol. The molecule has 0 aliphatic rings. The molecule has 0 fully saturated rings. The van der Waals surface area contributed by atoms with Gasteiger partial charge in [0.25, 0.3) is 0 Å². The van der Waals surface area contributed by atoms with Crippen molar-refractivity contribution in [3.8, 4) is 0 Å². The number of benzene rings is 1. The van der Waals surface area contributed by atoms with Crippen LogP contribution >= 0.6 is 0 Å². The largest absolute Gasteiger partial charge is 0.411 e. The minimum Gasteiger partial charge on any atom is -0.411 e. The minimum absolute atomic E-state index is 0.0211. The van der Waals surface area contributed by atoms with Crippen LogP contribution in [0.2, 0.25) is 36.3 Å². The predicted molar refractivity (Wildman–Crippen MR) is 249 cm³/mol. The van der Waals surface area contributed by atoms with E-state index in [1.165, 1.54) is 50.5 Å². The Labute approximate surface area is 348 Å². The first-order valence-electron chi connectivity index (χ1n) is 22.3. The Hall–Kier alpha value is -2.04. The van der Waals surface area contributed by atoms with Crippen molar-refractivity contribution in [3.63, 3.8) is 0 Å². The van der Waals surface area contributed by atoms with Gasteiger partial charge in [-0.25, -0.2) is 0 Å². The molecule has 2 N–H and O–H groups in total. The molecule has 0 saturated heterocycles. The Balaban J connectivity index is 2.85. The summed E-state index contributed by atoms with van der Waals surface area (Å²) >= 11 is 0. The SMILES string of the molecule is CCCCC/C=C\C/C=C\C/C=C\C/C=C\CCCC(=O)N[C@@H](CO)[C@H](O[Si](C)(C)C(C)(C)C)[C@H](CCCCCCCc1ccccc1)O[Si](C)(C)C(C)(C)C. The molecule has 1 aromatic rings. The van der Waals surface area contributed by atoms with Gasteiger partial charge in [-0.2, -0.15) is 0 Å². The number of carbonyl (C=O) groups is 1. The van der Waals surface area contributed by atoms with Crippen molar-refractivity contribution < 1.29 is 18.8 Å². The van der Waals surface area contributed by atoms with E-state index in [1.54, 1.807) is 0 Å². The number of aliphatic hydroxyl groups excluding tert-OH is 1. The van der Waals surface area contributed by atoms with Gasteiger partial charge in [0, 0.05) is 6.42 Å². The van der Waals surface area contributed by atoms with E-state index in [4.69, 9.17) is 8.85 Å². The van der Waals surface area contributed by atoms with Crippen molar-refractivity contribution in [1.82, 2.24) is 5.32 Å². The highest BCUT2D eigenvalue weighted by Crippen LogP contribution is 2.41. The van der Waals surface area contributed by atoms with E-state index in [0.717, 1.165) is 57.8 Å². The third-order valence-corrected chi connectivity index (χ3v) is 20.8. The van der Waals surface area contributed by atoms with Gasteiger partial charge in [-0.1, -0.05) is 166 Å². The lowest BCUT2D eigenvalue weighted by Gasteiger charge is -2.47. The molecule has 1 rings (SSSR count). The summed E-state index contributed by atoms with van der Waals surface area (Å²) in [7, 11) is -4.50. The van der Waals surface area contributed by atoms with Gasteiger partial charge in [-0.3, -0.25) is 4.79 Å². The molecule has 320 valence electrons. The fourth-order valence-electron chi connectivity index (χ4n) is 6.08. The molecule has 0 saturated carbocycles. The fraction of sp³-hybridized carbons (Fsp3) is 0.694. The van der Waals surface area contributed by atoms with Crippen molar-refractivity contribution in [2.45, 2.75) is 212 Å². The normalized spacial score (nSPS) is 15.1. The summed E-state index contributed by atoms with van der Waals surface area (Å²) in [6.45, 7) is 24.8. The summed E-state index contributed by atoms with van der Waals surface area (Å²) in [5.41, 5.74) is 1.41. The Morgan fingerprint density at radius 3 is 1.71 bits per heavy atom. The molecule has 0 heterocycles. The Morgan fingerprint density at radius 1 is 0.679 bits per heavy atom. The molecule has 0 aliphatic carbocycles. The zero-order chi connectivity index (χ0) is 41.9. The third kappa shape index (κ3) is 22.8. The van der Waals surface area contributed by atoms with Crippen LogP contribution < -0.4 is 5.32 Å². The summed E-state index contributed by atoms with van der Waals surface area (Å²) < 4.78 is 14.4. The average Bonchev–Trinajstić information content (AvgIpc) is 3.12. The van der Waals surface area contributed by atoms with Crippen molar-refractivity contribution >= 4 is 22.5 Å². The van der Waals surface area contributed by atoms with Crippen LogP contribution in [0.25, 0.3) is 0 Å². The molecule has 1 aromatic carbocycles. The van der Waals surface area contributed by atoms with Gasteiger partial charge in [0.15, 0.2) is 16.6 Å². The molecule has 7 heteroatoms. The first kappa shape index (κ1) is 52.0. The van der Waals surface area contributed by atoms with E-state index >= 15 is 0 Å². The number of carbonyl (C=O) groups excluding carboxylic acids is 1. The highest BCUT2D eigenvalue weighted by Gasteiger charge is 2.46. The number of aliphatic hydroxyl groups is 1. The van der Waals surface area contributed by atoms with Gasteiger partial charge in [-0.15, -0.1) is 0 Å². The maximum Gasteiger partial charge on any atom is 0.220 e. The Kier molecular flexibility index (Phi) is 26.4. The zero-order valence-electron chi connectivity index (χ0n) is 38.1. The molecule has 0 radical (unpaired) electrons. The van der Waals surface area contributed by atoms with Crippen molar-refractivity contribution in [3.05, 3.63) is 84.5 Å². The topological polar surface area (TPSA) is 67.8 Å². The van der Waals surface area contributed by atoms with Crippen LogP contribution in [0.1, 0.15) is 157 Å². The van der Waals surface area contributed by atoms with Gasteiger partial charge in [0.05, 0.1) is 24.9 Å².